The number of halogens is 1. The fourth-order valence-corrected chi connectivity index (χ4v) is 2.33. The van der Waals surface area contributed by atoms with E-state index in [1.165, 1.54) is 6.07 Å². The van der Waals surface area contributed by atoms with Crippen LogP contribution in [0.2, 0.25) is 0 Å². The third kappa shape index (κ3) is 3.49. The van der Waals surface area contributed by atoms with Crippen molar-refractivity contribution in [2.45, 2.75) is 0 Å². The second kappa shape index (κ2) is 7.05. The number of nitrogens with one attached hydrogen (secondary N) is 1. The maximum Gasteiger partial charge on any atom is 0.337 e. The molecule has 2 aromatic carbocycles. The summed E-state index contributed by atoms with van der Waals surface area (Å²) in [5.41, 5.74) is 1.49. The Labute approximate surface area is 145 Å². The first-order valence-electron chi connectivity index (χ1n) is 6.95. The summed E-state index contributed by atoms with van der Waals surface area (Å²) in [6.45, 7) is 0. The van der Waals surface area contributed by atoms with Crippen LogP contribution >= 0.6 is 15.9 Å². The van der Waals surface area contributed by atoms with Gasteiger partial charge in [0.25, 0.3) is 0 Å². The minimum Gasteiger partial charge on any atom is -0.478 e. The first-order valence-corrected chi connectivity index (χ1v) is 7.74. The molecule has 0 aliphatic carbocycles. The van der Waals surface area contributed by atoms with E-state index in [0.29, 0.717) is 11.5 Å². The summed E-state index contributed by atoms with van der Waals surface area (Å²) in [4.78, 5) is 11.2. The van der Waals surface area contributed by atoms with Crippen LogP contribution in [0.25, 0.3) is 11.8 Å². The normalized spacial score (nSPS) is 10.9. The highest BCUT2D eigenvalue weighted by Gasteiger charge is 2.08. The third-order valence-electron chi connectivity index (χ3n) is 3.19. The van der Waals surface area contributed by atoms with E-state index in [-0.39, 0.29) is 5.56 Å². The summed E-state index contributed by atoms with van der Waals surface area (Å²) in [6.07, 6.45) is 3.27. The molecule has 0 saturated carbocycles. The van der Waals surface area contributed by atoms with Crippen molar-refractivity contribution in [2.24, 2.45) is 0 Å². The van der Waals surface area contributed by atoms with Crippen LogP contribution in [0.3, 0.4) is 0 Å². The number of tetrazole rings is 1. The highest BCUT2D eigenvalue weighted by atomic mass is 79.9. The number of carbonyl (C=O) groups is 1. The second-order valence-corrected chi connectivity index (χ2v) is 5.67. The number of aromatic carboxylic acids is 1. The van der Waals surface area contributed by atoms with E-state index in [1.54, 1.807) is 35.2 Å². The van der Waals surface area contributed by atoms with Crippen LogP contribution in [0.5, 0.6) is 0 Å². The Morgan fingerprint density at radius 1 is 1.17 bits per heavy atom. The van der Waals surface area contributed by atoms with Crippen molar-refractivity contribution in [1.29, 1.82) is 0 Å². The van der Waals surface area contributed by atoms with Gasteiger partial charge in [-0.25, -0.2) is 4.79 Å². The maximum absolute atomic E-state index is 11.2. The van der Waals surface area contributed by atoms with Gasteiger partial charge in [-0.15, -0.1) is 5.10 Å². The largest absolute Gasteiger partial charge is 0.478 e. The Hall–Kier alpha value is -3.00. The monoisotopic (exact) mass is 385 g/mol. The molecule has 3 rings (SSSR count). The Morgan fingerprint density at radius 3 is 2.67 bits per heavy atom. The number of rotatable bonds is 5. The summed E-state index contributed by atoms with van der Waals surface area (Å²) in [5, 5.41) is 23.7. The van der Waals surface area contributed by atoms with Crippen molar-refractivity contribution in [3.8, 4) is 5.69 Å². The van der Waals surface area contributed by atoms with Gasteiger partial charge in [-0.05, 0) is 46.8 Å². The Morgan fingerprint density at radius 2 is 1.92 bits per heavy atom. The molecule has 0 bridgehead atoms. The number of hydrogen-bond acceptors (Lipinski definition) is 5. The number of benzene rings is 2. The lowest BCUT2D eigenvalue weighted by atomic mass is 10.2. The number of carboxylic acids is 1. The zero-order chi connectivity index (χ0) is 16.9. The molecular formula is C16H12BrN5O2. The smallest absolute Gasteiger partial charge is 0.337 e. The fourth-order valence-electron chi connectivity index (χ4n) is 2.07. The molecule has 0 spiro atoms. The fraction of sp³-hybridized carbons (Fsp3) is 0. The van der Waals surface area contributed by atoms with E-state index in [9.17, 15) is 4.79 Å². The van der Waals surface area contributed by atoms with Crippen molar-refractivity contribution in [1.82, 2.24) is 20.2 Å². The molecule has 0 saturated heterocycles. The van der Waals surface area contributed by atoms with Gasteiger partial charge in [0.2, 0.25) is 0 Å². The Bertz CT molecular complexity index is 889. The van der Waals surface area contributed by atoms with Gasteiger partial charge < -0.3 is 10.4 Å². The van der Waals surface area contributed by atoms with Gasteiger partial charge in [0.1, 0.15) is 0 Å². The van der Waals surface area contributed by atoms with Gasteiger partial charge in [0, 0.05) is 16.7 Å². The first kappa shape index (κ1) is 15.9. The molecule has 0 aliphatic rings. The first-order chi connectivity index (χ1) is 11.6. The van der Waals surface area contributed by atoms with E-state index >= 15 is 0 Å². The van der Waals surface area contributed by atoms with Crippen LogP contribution in [0.4, 0.5) is 5.69 Å². The van der Waals surface area contributed by atoms with Crippen LogP contribution in [0.1, 0.15) is 16.2 Å². The van der Waals surface area contributed by atoms with E-state index < -0.39 is 5.97 Å². The molecule has 7 nitrogen and oxygen atoms in total. The predicted octanol–water partition coefficient (Wildman–Crippen LogP) is 3.21. The highest BCUT2D eigenvalue weighted by molar-refractivity contribution is 9.10. The molecule has 3 aromatic rings. The van der Waals surface area contributed by atoms with E-state index in [4.69, 9.17) is 5.11 Å². The highest BCUT2D eigenvalue weighted by Crippen LogP contribution is 2.16. The molecule has 2 N–H and O–H groups in total. The molecular weight excluding hydrogens is 374 g/mol. The minimum absolute atomic E-state index is 0.189. The number of hydrogen-bond donors (Lipinski definition) is 2. The predicted molar refractivity (Wildman–Crippen MR) is 92.9 cm³/mol. The van der Waals surface area contributed by atoms with Crippen LogP contribution in [-0.4, -0.2) is 31.3 Å². The Kier molecular flexibility index (Phi) is 4.66. The van der Waals surface area contributed by atoms with E-state index in [1.807, 2.05) is 24.3 Å². The zero-order valence-corrected chi connectivity index (χ0v) is 13.9. The minimum atomic E-state index is -0.994. The molecule has 0 aliphatic heterocycles. The number of anilines is 1. The second-order valence-electron chi connectivity index (χ2n) is 4.75. The number of carboxylic acid groups (broad SMARTS) is 1. The van der Waals surface area contributed by atoms with Crippen molar-refractivity contribution >= 4 is 33.7 Å². The Balaban J connectivity index is 1.81. The number of nitrogens with zero attached hydrogens (tertiary/aromatic N) is 4. The van der Waals surface area contributed by atoms with Crippen molar-refractivity contribution in [3.63, 3.8) is 0 Å². The van der Waals surface area contributed by atoms with Gasteiger partial charge in [0.05, 0.1) is 16.9 Å². The number of para-hydroxylation sites is 1. The van der Waals surface area contributed by atoms with E-state index in [2.05, 4.69) is 36.8 Å². The van der Waals surface area contributed by atoms with E-state index in [0.717, 1.165) is 10.2 Å². The third-order valence-corrected chi connectivity index (χ3v) is 3.72. The topological polar surface area (TPSA) is 92.9 Å². The van der Waals surface area contributed by atoms with Crippen LogP contribution in [0.15, 0.2) is 59.2 Å². The molecule has 0 atom stereocenters. The molecule has 0 amide bonds. The van der Waals surface area contributed by atoms with Crippen molar-refractivity contribution in [3.05, 3.63) is 70.6 Å². The average Bonchev–Trinajstić information content (AvgIpc) is 3.04. The van der Waals surface area contributed by atoms with Crippen molar-refractivity contribution < 1.29 is 9.90 Å². The summed E-state index contributed by atoms with van der Waals surface area (Å²) < 4.78 is 2.54. The van der Waals surface area contributed by atoms with Gasteiger partial charge in [-0.1, -0.05) is 28.1 Å². The molecule has 0 unspecified atom stereocenters. The van der Waals surface area contributed by atoms with Crippen LogP contribution in [-0.2, 0) is 0 Å². The van der Waals surface area contributed by atoms with Crippen molar-refractivity contribution in [2.75, 3.05) is 5.32 Å². The lowest BCUT2D eigenvalue weighted by molar-refractivity contribution is 0.0698. The molecule has 8 heteroatoms. The summed E-state index contributed by atoms with van der Waals surface area (Å²) in [7, 11) is 0. The molecule has 24 heavy (non-hydrogen) atoms. The molecule has 0 fully saturated rings. The van der Waals surface area contributed by atoms with Gasteiger partial charge in [0.15, 0.2) is 5.82 Å². The number of aromatic nitrogens is 4. The van der Waals surface area contributed by atoms with Gasteiger partial charge >= 0.3 is 5.97 Å². The van der Waals surface area contributed by atoms with Gasteiger partial charge in [-0.2, -0.15) is 4.68 Å². The molecule has 1 heterocycles. The quantitative estimate of drug-likeness (QED) is 0.700. The van der Waals surface area contributed by atoms with Crippen LogP contribution < -0.4 is 5.32 Å². The lowest BCUT2D eigenvalue weighted by Crippen LogP contribution is -2.02. The van der Waals surface area contributed by atoms with Gasteiger partial charge in [-0.3, -0.25) is 0 Å². The molecule has 120 valence electrons. The standard InChI is InChI=1S/C16H12BrN5O2/c17-11-5-7-12(8-6-11)22-15(19-20-21-22)9-10-18-14-4-2-1-3-13(14)16(23)24/h1-10,18H,(H,23,24)/b10-9-. The summed E-state index contributed by atoms with van der Waals surface area (Å²) in [5.74, 6) is -0.483. The van der Waals surface area contributed by atoms with Crippen LogP contribution in [0, 0.1) is 0 Å². The summed E-state index contributed by atoms with van der Waals surface area (Å²) in [6, 6.07) is 14.2. The average molecular weight is 386 g/mol. The molecule has 0 radical (unpaired) electrons. The summed E-state index contributed by atoms with van der Waals surface area (Å²) >= 11 is 3.38. The SMILES string of the molecule is O=C(O)c1ccccc1N/C=C\c1nnnn1-c1ccc(Br)cc1. The lowest BCUT2D eigenvalue weighted by Gasteiger charge is -2.05. The molecule has 1 aromatic heterocycles. The maximum atomic E-state index is 11.2. The zero-order valence-electron chi connectivity index (χ0n) is 12.3.